The third-order valence-corrected chi connectivity index (χ3v) is 6.66. The molecule has 3 rings (SSSR count). The van der Waals surface area contributed by atoms with Crippen molar-refractivity contribution in [1.29, 1.82) is 0 Å². The van der Waals surface area contributed by atoms with Crippen LogP contribution in [0.1, 0.15) is 16.8 Å². The molecule has 0 atom stereocenters. The lowest BCUT2D eigenvalue weighted by Crippen LogP contribution is -2.31. The normalized spacial score (nSPS) is 11.3. The van der Waals surface area contributed by atoms with Crippen LogP contribution in [-0.4, -0.2) is 35.6 Å². The number of amides is 1. The Morgan fingerprint density at radius 3 is 2.69 bits per heavy atom. The summed E-state index contributed by atoms with van der Waals surface area (Å²) >= 11 is 5.86. The monoisotopic (exact) mass is 475 g/mol. The molecule has 2 N–H and O–H groups in total. The fraction of sp³-hybridized carbons (Fsp3) is 0.238. The highest BCUT2D eigenvalue weighted by molar-refractivity contribution is 7.89. The summed E-state index contributed by atoms with van der Waals surface area (Å²) in [5.74, 6) is -0.531. The van der Waals surface area contributed by atoms with Crippen molar-refractivity contribution in [3.63, 3.8) is 0 Å². The Morgan fingerprint density at radius 2 is 1.97 bits per heavy atom. The summed E-state index contributed by atoms with van der Waals surface area (Å²) in [6, 6.07) is 10.0. The Kier molecular flexibility index (Phi) is 7.39. The van der Waals surface area contributed by atoms with Crippen molar-refractivity contribution in [2.45, 2.75) is 31.7 Å². The molecule has 2 heterocycles. The molecule has 0 saturated carbocycles. The first-order valence-corrected chi connectivity index (χ1v) is 11.6. The van der Waals surface area contributed by atoms with Crippen LogP contribution in [0.4, 0.5) is 5.69 Å². The number of carbonyl (C=O) groups excluding carboxylic acids is 1. The van der Waals surface area contributed by atoms with Crippen LogP contribution < -0.4 is 15.6 Å². The van der Waals surface area contributed by atoms with Crippen LogP contribution in [-0.2, 0) is 27.8 Å². The van der Waals surface area contributed by atoms with E-state index in [1.807, 2.05) is 12.1 Å². The smallest absolute Gasteiger partial charge is 0.271 e. The lowest BCUT2D eigenvalue weighted by atomic mass is 10.2. The number of anilines is 1. The molecule has 168 valence electrons. The van der Waals surface area contributed by atoms with Crippen LogP contribution in [0.25, 0.3) is 0 Å². The number of hydrogen-bond donors (Lipinski definition) is 2. The van der Waals surface area contributed by atoms with E-state index in [4.69, 9.17) is 11.6 Å². The van der Waals surface area contributed by atoms with Gasteiger partial charge in [-0.3, -0.25) is 14.6 Å². The topological polar surface area (TPSA) is 123 Å². The molecule has 0 spiro atoms. The molecule has 0 aliphatic rings. The molecular weight excluding hydrogens is 454 g/mol. The Hall–Kier alpha value is -3.08. The van der Waals surface area contributed by atoms with E-state index in [-0.39, 0.29) is 34.3 Å². The number of halogens is 1. The number of rotatable bonds is 8. The molecule has 0 saturated heterocycles. The first-order chi connectivity index (χ1) is 15.2. The number of benzene rings is 1. The molecule has 3 aromatic rings. The number of sulfonamides is 1. The van der Waals surface area contributed by atoms with Crippen molar-refractivity contribution in [2.24, 2.45) is 0 Å². The van der Waals surface area contributed by atoms with Gasteiger partial charge in [-0.1, -0.05) is 23.7 Å². The van der Waals surface area contributed by atoms with E-state index in [0.717, 1.165) is 10.4 Å². The molecule has 0 unspecified atom stereocenters. The molecule has 0 fully saturated rings. The van der Waals surface area contributed by atoms with E-state index >= 15 is 0 Å². The second-order valence-corrected chi connectivity index (χ2v) is 9.22. The maximum atomic E-state index is 12.8. The van der Waals surface area contributed by atoms with Crippen molar-refractivity contribution in [1.82, 2.24) is 19.5 Å². The van der Waals surface area contributed by atoms with E-state index in [2.05, 4.69) is 20.1 Å². The third kappa shape index (κ3) is 5.78. The largest absolute Gasteiger partial charge is 0.324 e. The Balaban J connectivity index is 1.70. The zero-order chi connectivity index (χ0) is 23.3. The molecule has 0 aliphatic heterocycles. The van der Waals surface area contributed by atoms with Crippen molar-refractivity contribution < 1.29 is 13.2 Å². The maximum Gasteiger partial charge on any atom is 0.271 e. The molecule has 0 radical (unpaired) electrons. The van der Waals surface area contributed by atoms with Crippen molar-refractivity contribution in [3.8, 4) is 0 Å². The zero-order valence-electron chi connectivity index (χ0n) is 17.5. The van der Waals surface area contributed by atoms with Crippen molar-refractivity contribution in [3.05, 3.63) is 81.0 Å². The summed E-state index contributed by atoms with van der Waals surface area (Å²) in [5, 5.41) is 6.67. The molecule has 1 aromatic carbocycles. The van der Waals surface area contributed by atoms with E-state index < -0.39 is 21.5 Å². The fourth-order valence-electron chi connectivity index (χ4n) is 2.92. The van der Waals surface area contributed by atoms with Crippen LogP contribution >= 0.6 is 11.6 Å². The summed E-state index contributed by atoms with van der Waals surface area (Å²) in [5.41, 5.74) is 1.39. The average molecular weight is 476 g/mol. The van der Waals surface area contributed by atoms with Crippen LogP contribution in [0.5, 0.6) is 0 Å². The summed E-state index contributed by atoms with van der Waals surface area (Å²) in [7, 11) is -3.81. The van der Waals surface area contributed by atoms with E-state index in [1.165, 1.54) is 12.3 Å². The highest BCUT2D eigenvalue weighted by Crippen LogP contribution is 2.20. The van der Waals surface area contributed by atoms with Gasteiger partial charge in [-0.2, -0.15) is 5.10 Å². The first kappa shape index (κ1) is 23.6. The van der Waals surface area contributed by atoms with E-state index in [1.54, 1.807) is 38.2 Å². The highest BCUT2D eigenvalue weighted by atomic mass is 35.5. The van der Waals surface area contributed by atoms with E-state index in [9.17, 15) is 18.0 Å². The number of aryl methyl sites for hydroxylation is 1. The molecule has 11 heteroatoms. The minimum absolute atomic E-state index is 0.0500. The van der Waals surface area contributed by atoms with Gasteiger partial charge in [0.2, 0.25) is 15.9 Å². The lowest BCUT2D eigenvalue weighted by Gasteiger charge is -2.12. The molecule has 9 nitrogen and oxygen atoms in total. The van der Waals surface area contributed by atoms with Gasteiger partial charge in [-0.25, -0.2) is 17.8 Å². The molecule has 2 aromatic heterocycles. The van der Waals surface area contributed by atoms with Gasteiger partial charge in [-0.05, 0) is 43.7 Å². The second-order valence-electron chi connectivity index (χ2n) is 7.08. The Bertz CT molecular complexity index is 1290. The number of nitrogens with zero attached hydrogens (tertiary/aromatic N) is 3. The van der Waals surface area contributed by atoms with Gasteiger partial charge < -0.3 is 5.32 Å². The molecule has 32 heavy (non-hydrogen) atoms. The standard InChI is InChI=1S/C21H22ClN5O4S/c1-14-6-7-17(26-20(28)13-27-21(29)15(2)18(22)12-24-27)11-19(14)32(30,31)25-10-8-16-5-3-4-9-23-16/h3-7,9,11-12,25H,8,10,13H2,1-2H3,(H,26,28). The summed E-state index contributed by atoms with van der Waals surface area (Å²) in [6.07, 6.45) is 3.38. The minimum Gasteiger partial charge on any atom is -0.324 e. The molecule has 0 aliphatic carbocycles. The molecule has 1 amide bonds. The number of aromatic nitrogens is 3. The van der Waals surface area contributed by atoms with Gasteiger partial charge in [0.25, 0.3) is 5.56 Å². The number of nitrogens with one attached hydrogen (secondary N) is 2. The average Bonchev–Trinajstić information content (AvgIpc) is 2.76. The van der Waals surface area contributed by atoms with Crippen molar-refractivity contribution >= 4 is 33.2 Å². The van der Waals surface area contributed by atoms with Crippen LogP contribution in [0.15, 0.2) is 58.5 Å². The van der Waals surface area contributed by atoms with Gasteiger partial charge in [0, 0.05) is 36.1 Å². The quantitative estimate of drug-likeness (QED) is 0.514. The number of pyridine rings is 1. The summed E-state index contributed by atoms with van der Waals surface area (Å²) in [4.78, 5) is 28.8. The first-order valence-electron chi connectivity index (χ1n) is 9.69. The van der Waals surface area contributed by atoms with Gasteiger partial charge in [-0.15, -0.1) is 0 Å². The van der Waals surface area contributed by atoms with E-state index in [0.29, 0.717) is 12.0 Å². The van der Waals surface area contributed by atoms with Gasteiger partial charge in [0.05, 0.1) is 16.1 Å². The second kappa shape index (κ2) is 10.0. The highest BCUT2D eigenvalue weighted by Gasteiger charge is 2.18. The van der Waals surface area contributed by atoms with Gasteiger partial charge in [0.15, 0.2) is 0 Å². The Morgan fingerprint density at radius 1 is 1.19 bits per heavy atom. The van der Waals surface area contributed by atoms with Crippen molar-refractivity contribution in [2.75, 3.05) is 11.9 Å². The predicted octanol–water partition coefficient (Wildman–Crippen LogP) is 2.07. The van der Waals surface area contributed by atoms with Crippen LogP contribution in [0.3, 0.4) is 0 Å². The maximum absolute atomic E-state index is 12.8. The SMILES string of the molecule is Cc1ccc(NC(=O)Cn2ncc(Cl)c(C)c2=O)cc1S(=O)(=O)NCCc1ccccn1. The van der Waals surface area contributed by atoms with Crippen LogP contribution in [0, 0.1) is 13.8 Å². The van der Waals surface area contributed by atoms with Gasteiger partial charge >= 0.3 is 0 Å². The zero-order valence-corrected chi connectivity index (χ0v) is 19.1. The molecular formula is C21H22ClN5O4S. The fourth-order valence-corrected chi connectivity index (χ4v) is 4.34. The Labute approximate surface area is 190 Å². The number of hydrogen-bond acceptors (Lipinski definition) is 6. The minimum atomic E-state index is -3.81. The van der Waals surface area contributed by atoms with Gasteiger partial charge in [0.1, 0.15) is 6.54 Å². The summed E-state index contributed by atoms with van der Waals surface area (Å²) in [6.45, 7) is 3.05. The predicted molar refractivity (Wildman–Crippen MR) is 121 cm³/mol. The summed E-state index contributed by atoms with van der Waals surface area (Å²) < 4.78 is 29.1. The molecule has 0 bridgehead atoms. The third-order valence-electron chi connectivity index (χ3n) is 4.68. The van der Waals surface area contributed by atoms with Crippen LogP contribution in [0.2, 0.25) is 5.02 Å². The lowest BCUT2D eigenvalue weighted by molar-refractivity contribution is -0.117. The number of carbonyl (C=O) groups is 1.